The van der Waals surface area contributed by atoms with Crippen LogP contribution in [-0.2, 0) is 11.2 Å². The van der Waals surface area contributed by atoms with Crippen molar-refractivity contribution in [2.75, 3.05) is 39.2 Å². The Morgan fingerprint density at radius 3 is 2.72 bits per heavy atom. The van der Waals surface area contributed by atoms with Crippen LogP contribution in [0.5, 0.6) is 11.5 Å². The highest BCUT2D eigenvalue weighted by Gasteiger charge is 2.32. The monoisotopic (exact) mass is 526 g/mol. The second-order valence-corrected chi connectivity index (χ2v) is 9.56. The molecule has 1 aromatic carbocycles. The molecule has 1 aliphatic heterocycles. The highest BCUT2D eigenvalue weighted by Crippen LogP contribution is 2.34. The van der Waals surface area contributed by atoms with Gasteiger partial charge in [0.1, 0.15) is 15.8 Å². The van der Waals surface area contributed by atoms with Gasteiger partial charge in [0.15, 0.2) is 11.5 Å². The lowest BCUT2D eigenvalue weighted by atomic mass is 10.1. The Morgan fingerprint density at radius 1 is 1.17 bits per heavy atom. The fourth-order valence-electron chi connectivity index (χ4n) is 3.75. The number of nitrogens with zero attached hydrogens (tertiary/aromatic N) is 3. The number of fused-ring (bicyclic) bond motifs is 1. The summed E-state index contributed by atoms with van der Waals surface area (Å²) in [6.45, 7) is 0.820. The maximum atomic E-state index is 13.3. The molecule has 0 spiro atoms. The molecule has 3 aromatic rings. The molecule has 9 nitrogen and oxygen atoms in total. The molecule has 0 bridgehead atoms. The number of aliphatic hydroxyl groups excluding tert-OH is 1. The molecule has 1 saturated heterocycles. The van der Waals surface area contributed by atoms with Gasteiger partial charge in [-0.3, -0.25) is 18.9 Å². The van der Waals surface area contributed by atoms with E-state index in [1.54, 1.807) is 44.7 Å². The summed E-state index contributed by atoms with van der Waals surface area (Å²) >= 11 is 6.64. The number of amides is 1. The SMILES string of the molecule is COc1ccc(CCN2C(=O)/C(=C/c3c(NCCCO)nc4ccccn4c3=O)SC2=S)cc1OC. The maximum Gasteiger partial charge on any atom is 0.267 e. The predicted octanol–water partition coefficient (Wildman–Crippen LogP) is 2.95. The molecular weight excluding hydrogens is 500 g/mol. The molecule has 36 heavy (non-hydrogen) atoms. The van der Waals surface area contributed by atoms with Crippen molar-refractivity contribution in [1.29, 1.82) is 0 Å². The Morgan fingerprint density at radius 2 is 1.97 bits per heavy atom. The highest BCUT2D eigenvalue weighted by molar-refractivity contribution is 8.26. The molecule has 0 unspecified atom stereocenters. The van der Waals surface area contributed by atoms with Crippen molar-refractivity contribution in [1.82, 2.24) is 14.3 Å². The normalized spacial score (nSPS) is 14.6. The van der Waals surface area contributed by atoms with E-state index in [2.05, 4.69) is 10.3 Å². The summed E-state index contributed by atoms with van der Waals surface area (Å²) in [4.78, 5) is 32.9. The number of nitrogens with one attached hydrogen (secondary N) is 1. The number of anilines is 1. The molecule has 2 aromatic heterocycles. The number of ether oxygens (including phenoxy) is 2. The number of thioether (sulfide) groups is 1. The van der Waals surface area contributed by atoms with E-state index in [1.165, 1.54) is 9.30 Å². The van der Waals surface area contributed by atoms with Crippen molar-refractivity contribution in [2.45, 2.75) is 12.8 Å². The van der Waals surface area contributed by atoms with E-state index in [0.29, 0.717) is 58.1 Å². The molecule has 0 aliphatic carbocycles. The van der Waals surface area contributed by atoms with Gasteiger partial charge >= 0.3 is 0 Å². The van der Waals surface area contributed by atoms with Gasteiger partial charge in [-0.2, -0.15) is 0 Å². The molecule has 0 radical (unpaired) electrons. The molecule has 1 amide bonds. The van der Waals surface area contributed by atoms with Gasteiger partial charge in [0.05, 0.1) is 24.7 Å². The highest BCUT2D eigenvalue weighted by atomic mass is 32.2. The van der Waals surface area contributed by atoms with Crippen molar-refractivity contribution in [3.63, 3.8) is 0 Å². The van der Waals surface area contributed by atoms with Crippen molar-refractivity contribution >= 4 is 51.7 Å². The minimum absolute atomic E-state index is 0.00756. The number of benzene rings is 1. The number of hydrogen-bond acceptors (Lipinski definition) is 9. The van der Waals surface area contributed by atoms with Crippen LogP contribution in [0.25, 0.3) is 11.7 Å². The van der Waals surface area contributed by atoms with Crippen molar-refractivity contribution < 1.29 is 19.4 Å². The maximum absolute atomic E-state index is 13.3. The van der Waals surface area contributed by atoms with Crippen LogP contribution in [0, 0.1) is 0 Å². The van der Waals surface area contributed by atoms with Crippen LogP contribution in [0.4, 0.5) is 5.82 Å². The van der Waals surface area contributed by atoms with Crippen LogP contribution < -0.4 is 20.3 Å². The fraction of sp³-hybridized carbons (Fsp3) is 0.280. The lowest BCUT2D eigenvalue weighted by Crippen LogP contribution is -2.30. The van der Waals surface area contributed by atoms with Crippen LogP contribution >= 0.6 is 24.0 Å². The zero-order chi connectivity index (χ0) is 25.7. The zero-order valence-corrected chi connectivity index (χ0v) is 21.5. The van der Waals surface area contributed by atoms with Gasteiger partial charge in [-0.25, -0.2) is 4.98 Å². The van der Waals surface area contributed by atoms with Gasteiger partial charge in [-0.1, -0.05) is 36.1 Å². The Hall–Kier alpha value is -3.41. The predicted molar refractivity (Wildman–Crippen MR) is 145 cm³/mol. The number of carbonyl (C=O) groups is 1. The Balaban J connectivity index is 1.60. The third kappa shape index (κ3) is 5.38. The molecule has 2 N–H and O–H groups in total. The van der Waals surface area contributed by atoms with Crippen LogP contribution in [0.3, 0.4) is 0 Å². The number of aliphatic hydroxyl groups is 1. The molecule has 1 aliphatic rings. The molecule has 3 heterocycles. The van der Waals surface area contributed by atoms with Crippen molar-refractivity contribution in [2.24, 2.45) is 0 Å². The van der Waals surface area contributed by atoms with E-state index in [-0.39, 0.29) is 23.6 Å². The lowest BCUT2D eigenvalue weighted by molar-refractivity contribution is -0.122. The summed E-state index contributed by atoms with van der Waals surface area (Å²) < 4.78 is 12.5. The number of methoxy groups -OCH3 is 2. The summed E-state index contributed by atoms with van der Waals surface area (Å²) in [5, 5.41) is 12.2. The summed E-state index contributed by atoms with van der Waals surface area (Å²) in [5.74, 6) is 1.35. The van der Waals surface area contributed by atoms with Gasteiger partial charge < -0.3 is 19.9 Å². The van der Waals surface area contributed by atoms with E-state index in [9.17, 15) is 9.59 Å². The van der Waals surface area contributed by atoms with Crippen molar-refractivity contribution in [3.05, 3.63) is 69.0 Å². The molecule has 1 fully saturated rings. The van der Waals surface area contributed by atoms with Crippen LogP contribution in [0.15, 0.2) is 52.3 Å². The molecule has 0 saturated carbocycles. The summed E-state index contributed by atoms with van der Waals surface area (Å²) in [6.07, 6.45) is 4.24. The number of carbonyl (C=O) groups excluding carboxylic acids is 1. The average molecular weight is 527 g/mol. The first kappa shape index (κ1) is 25.7. The van der Waals surface area contributed by atoms with E-state index < -0.39 is 0 Å². The standard InChI is InChI=1S/C25H26N4O5S2/c1-33-18-8-7-16(14-19(18)34-2)9-12-29-24(32)20(36-25(29)35)15-17-22(26-10-5-13-30)27-21-6-3-4-11-28(21)23(17)31/h3-4,6-8,11,14-15,26,30H,5,9-10,12-13H2,1-2H3/b20-15-. The number of hydrogen-bond donors (Lipinski definition) is 2. The van der Waals surface area contributed by atoms with Crippen LogP contribution in [0.2, 0.25) is 0 Å². The first-order chi connectivity index (χ1) is 17.5. The molecule has 4 rings (SSSR count). The fourth-order valence-corrected chi connectivity index (χ4v) is 5.04. The summed E-state index contributed by atoms with van der Waals surface area (Å²) in [6, 6.07) is 10.9. The van der Waals surface area contributed by atoms with E-state index in [1.807, 2.05) is 18.2 Å². The zero-order valence-electron chi connectivity index (χ0n) is 19.9. The largest absolute Gasteiger partial charge is 0.493 e. The van der Waals surface area contributed by atoms with E-state index >= 15 is 0 Å². The molecule has 11 heteroatoms. The number of pyridine rings is 1. The topological polar surface area (TPSA) is 105 Å². The van der Waals surface area contributed by atoms with E-state index in [4.69, 9.17) is 26.8 Å². The van der Waals surface area contributed by atoms with Gasteiger partial charge in [-0.15, -0.1) is 0 Å². The van der Waals surface area contributed by atoms with Gasteiger partial charge in [-0.05, 0) is 48.7 Å². The van der Waals surface area contributed by atoms with Gasteiger partial charge in [0.25, 0.3) is 11.5 Å². The summed E-state index contributed by atoms with van der Waals surface area (Å²) in [5.41, 5.74) is 1.41. The minimum atomic E-state index is -0.303. The lowest BCUT2D eigenvalue weighted by Gasteiger charge is -2.15. The third-order valence-electron chi connectivity index (χ3n) is 5.62. The number of aromatic nitrogens is 2. The van der Waals surface area contributed by atoms with Crippen LogP contribution in [0.1, 0.15) is 17.5 Å². The summed E-state index contributed by atoms with van der Waals surface area (Å²) in [7, 11) is 3.15. The van der Waals surface area contributed by atoms with Crippen LogP contribution in [-0.4, -0.2) is 63.5 Å². The molecular formula is C25H26N4O5S2. The van der Waals surface area contributed by atoms with Gasteiger partial charge in [0.2, 0.25) is 0 Å². The first-order valence-electron chi connectivity index (χ1n) is 11.3. The smallest absolute Gasteiger partial charge is 0.267 e. The van der Waals surface area contributed by atoms with E-state index in [0.717, 1.165) is 17.3 Å². The second-order valence-electron chi connectivity index (χ2n) is 7.88. The Kier molecular flexibility index (Phi) is 8.24. The average Bonchev–Trinajstić information content (AvgIpc) is 3.16. The second kappa shape index (κ2) is 11.5. The third-order valence-corrected chi connectivity index (χ3v) is 7.00. The molecule has 0 atom stereocenters. The molecule has 188 valence electrons. The quantitative estimate of drug-likeness (QED) is 0.234. The Bertz CT molecular complexity index is 1390. The van der Waals surface area contributed by atoms with Crippen molar-refractivity contribution in [3.8, 4) is 11.5 Å². The first-order valence-corrected chi connectivity index (χ1v) is 12.5. The van der Waals surface area contributed by atoms with Gasteiger partial charge in [0, 0.05) is 25.9 Å². The number of thiocarbonyl (C=S) groups is 1. The Labute approximate surface area is 217 Å². The minimum Gasteiger partial charge on any atom is -0.493 e. The number of rotatable bonds is 10.